The summed E-state index contributed by atoms with van der Waals surface area (Å²) in [7, 11) is 0. The lowest BCUT2D eigenvalue weighted by atomic mass is 10.1. The number of nitrogens with one attached hydrogen (secondary N) is 1. The van der Waals surface area contributed by atoms with Gasteiger partial charge in [-0.2, -0.15) is 18.3 Å². The number of alkyl halides is 3. The number of carbonyl (C=O) groups excluding carboxylic acids is 1. The molecule has 0 spiro atoms. The zero-order chi connectivity index (χ0) is 25.2. The fraction of sp³-hybridized carbons (Fsp3) is 0.0800. The van der Waals surface area contributed by atoms with Gasteiger partial charge in [-0.05, 0) is 48.0 Å². The number of para-hydroxylation sites is 1. The molecule has 0 radical (unpaired) electrons. The van der Waals surface area contributed by atoms with Crippen molar-refractivity contribution in [2.24, 2.45) is 0 Å². The number of aromatic nitrogens is 2. The number of hydrogen-bond donors (Lipinski definition) is 2. The lowest BCUT2D eigenvalue weighted by Gasteiger charge is -2.10. The summed E-state index contributed by atoms with van der Waals surface area (Å²) in [5.41, 5.74) is 1.12. The van der Waals surface area contributed by atoms with Crippen LogP contribution in [0, 0.1) is 0 Å². The van der Waals surface area contributed by atoms with Crippen molar-refractivity contribution >= 4 is 29.2 Å². The Kier molecular flexibility index (Phi) is 6.61. The average molecular weight is 500 g/mol. The SMILES string of the molecule is O=C(O)Cc1ccc(NC(=O)c2ccc(-c3cc(C(F)(F)F)nn3-c3ccccc3Cl)cc2)cc1. The van der Waals surface area contributed by atoms with Gasteiger partial charge in [0.2, 0.25) is 0 Å². The Labute approximate surface area is 202 Å². The largest absolute Gasteiger partial charge is 0.481 e. The Bertz CT molecular complexity index is 1380. The highest BCUT2D eigenvalue weighted by atomic mass is 35.5. The van der Waals surface area contributed by atoms with Crippen LogP contribution in [0.15, 0.2) is 78.9 Å². The third kappa shape index (κ3) is 5.52. The van der Waals surface area contributed by atoms with Crippen molar-refractivity contribution in [3.8, 4) is 16.9 Å². The minimum Gasteiger partial charge on any atom is -0.481 e. The lowest BCUT2D eigenvalue weighted by molar-refractivity contribution is -0.141. The minimum absolute atomic E-state index is 0.128. The second-order valence-electron chi connectivity index (χ2n) is 7.57. The Morgan fingerprint density at radius 1 is 0.971 bits per heavy atom. The maximum Gasteiger partial charge on any atom is 0.435 e. The van der Waals surface area contributed by atoms with E-state index in [2.05, 4.69) is 10.4 Å². The average Bonchev–Trinajstić information content (AvgIpc) is 3.26. The normalized spacial score (nSPS) is 11.3. The maximum absolute atomic E-state index is 13.4. The number of carbonyl (C=O) groups is 2. The van der Waals surface area contributed by atoms with Crippen LogP contribution in [0.3, 0.4) is 0 Å². The molecule has 1 aromatic heterocycles. The van der Waals surface area contributed by atoms with Crippen LogP contribution in [-0.4, -0.2) is 26.8 Å². The number of anilines is 1. The van der Waals surface area contributed by atoms with Crippen LogP contribution in [0.4, 0.5) is 18.9 Å². The van der Waals surface area contributed by atoms with Crippen molar-refractivity contribution in [2.75, 3.05) is 5.32 Å². The molecule has 3 aromatic carbocycles. The van der Waals surface area contributed by atoms with Gasteiger partial charge in [-0.25, -0.2) is 4.68 Å². The molecule has 4 rings (SSSR count). The Morgan fingerprint density at radius 2 is 1.63 bits per heavy atom. The number of aliphatic carboxylic acids is 1. The number of halogens is 4. The maximum atomic E-state index is 13.4. The second-order valence-corrected chi connectivity index (χ2v) is 7.98. The zero-order valence-corrected chi connectivity index (χ0v) is 18.6. The molecular formula is C25H17ClF3N3O3. The molecule has 178 valence electrons. The van der Waals surface area contributed by atoms with E-state index in [1.165, 1.54) is 24.3 Å². The van der Waals surface area contributed by atoms with Crippen LogP contribution in [0.5, 0.6) is 0 Å². The summed E-state index contributed by atoms with van der Waals surface area (Å²) in [4.78, 5) is 23.4. The van der Waals surface area contributed by atoms with Gasteiger partial charge in [0, 0.05) is 16.8 Å². The summed E-state index contributed by atoms with van der Waals surface area (Å²) >= 11 is 6.20. The van der Waals surface area contributed by atoms with E-state index in [1.54, 1.807) is 48.5 Å². The first-order valence-electron chi connectivity index (χ1n) is 10.3. The summed E-state index contributed by atoms with van der Waals surface area (Å²) in [5.74, 6) is -1.39. The molecule has 0 unspecified atom stereocenters. The molecule has 0 bridgehead atoms. The van der Waals surface area contributed by atoms with Crippen molar-refractivity contribution in [1.29, 1.82) is 0 Å². The van der Waals surface area contributed by atoms with Crippen LogP contribution >= 0.6 is 11.6 Å². The van der Waals surface area contributed by atoms with E-state index in [1.807, 2.05) is 0 Å². The molecule has 1 heterocycles. The molecule has 0 saturated heterocycles. The van der Waals surface area contributed by atoms with E-state index in [9.17, 15) is 22.8 Å². The highest BCUT2D eigenvalue weighted by Gasteiger charge is 2.35. The summed E-state index contributed by atoms with van der Waals surface area (Å²) in [6.45, 7) is 0. The van der Waals surface area contributed by atoms with E-state index in [0.717, 1.165) is 10.7 Å². The van der Waals surface area contributed by atoms with E-state index < -0.39 is 23.7 Å². The van der Waals surface area contributed by atoms with E-state index >= 15 is 0 Å². The number of amides is 1. The third-order valence-corrected chi connectivity index (χ3v) is 5.41. The summed E-state index contributed by atoms with van der Waals surface area (Å²) in [6.07, 6.45) is -4.78. The first-order valence-corrected chi connectivity index (χ1v) is 10.6. The quantitative estimate of drug-likeness (QED) is 0.336. The molecule has 0 atom stereocenters. The van der Waals surface area contributed by atoms with Gasteiger partial charge in [-0.1, -0.05) is 48.0 Å². The van der Waals surface area contributed by atoms with E-state index in [0.29, 0.717) is 16.8 Å². The van der Waals surface area contributed by atoms with Gasteiger partial charge in [0.25, 0.3) is 5.91 Å². The van der Waals surface area contributed by atoms with Crippen molar-refractivity contribution < 1.29 is 27.9 Å². The van der Waals surface area contributed by atoms with Gasteiger partial charge in [-0.3, -0.25) is 9.59 Å². The number of carboxylic acid groups (broad SMARTS) is 1. The topological polar surface area (TPSA) is 84.2 Å². The molecule has 10 heteroatoms. The van der Waals surface area contributed by atoms with Crippen molar-refractivity contribution in [2.45, 2.75) is 12.6 Å². The number of nitrogens with zero attached hydrogens (tertiary/aromatic N) is 2. The van der Waals surface area contributed by atoms with Gasteiger partial charge in [0.15, 0.2) is 5.69 Å². The first-order chi connectivity index (χ1) is 16.6. The number of carboxylic acids is 1. The number of hydrogen-bond acceptors (Lipinski definition) is 3. The van der Waals surface area contributed by atoms with E-state index in [4.69, 9.17) is 16.7 Å². The van der Waals surface area contributed by atoms with Crippen LogP contribution in [-0.2, 0) is 17.4 Å². The predicted molar refractivity (Wildman–Crippen MR) is 125 cm³/mol. The van der Waals surface area contributed by atoms with Gasteiger partial charge in [0.05, 0.1) is 22.8 Å². The van der Waals surface area contributed by atoms with Crippen LogP contribution in [0.2, 0.25) is 5.02 Å². The standard InChI is InChI=1S/C25H17ClF3N3O3/c26-19-3-1-2-4-20(19)32-21(14-22(31-32)25(27,28)29)16-7-9-17(10-8-16)24(35)30-18-11-5-15(6-12-18)13-23(33)34/h1-12,14H,13H2,(H,30,35)(H,33,34). The molecule has 0 aliphatic carbocycles. The molecule has 4 aromatic rings. The molecule has 1 amide bonds. The Hall–Kier alpha value is -4.11. The molecule has 0 aliphatic heterocycles. The minimum atomic E-state index is -4.65. The summed E-state index contributed by atoms with van der Waals surface area (Å²) < 4.78 is 41.3. The molecule has 35 heavy (non-hydrogen) atoms. The van der Waals surface area contributed by atoms with Crippen molar-refractivity contribution in [1.82, 2.24) is 9.78 Å². The fourth-order valence-corrected chi connectivity index (χ4v) is 3.62. The van der Waals surface area contributed by atoms with Crippen molar-refractivity contribution in [3.63, 3.8) is 0 Å². The highest BCUT2D eigenvalue weighted by Crippen LogP contribution is 2.34. The summed E-state index contributed by atoms with van der Waals surface area (Å²) in [5, 5.41) is 15.5. The molecule has 2 N–H and O–H groups in total. The smallest absolute Gasteiger partial charge is 0.435 e. The zero-order valence-electron chi connectivity index (χ0n) is 17.9. The Balaban J connectivity index is 1.60. The number of rotatable bonds is 6. The molecule has 0 saturated carbocycles. The summed E-state index contributed by atoms with van der Waals surface area (Å²) in [6, 6.07) is 19.7. The monoisotopic (exact) mass is 499 g/mol. The lowest BCUT2D eigenvalue weighted by Crippen LogP contribution is -2.12. The second kappa shape index (κ2) is 9.63. The fourth-order valence-electron chi connectivity index (χ4n) is 3.41. The van der Waals surface area contributed by atoms with Gasteiger partial charge in [-0.15, -0.1) is 0 Å². The Morgan fingerprint density at radius 3 is 2.23 bits per heavy atom. The molecule has 6 nitrogen and oxygen atoms in total. The van der Waals surface area contributed by atoms with Crippen LogP contribution in [0.1, 0.15) is 21.6 Å². The van der Waals surface area contributed by atoms with Crippen LogP contribution < -0.4 is 5.32 Å². The number of benzene rings is 3. The first kappa shape index (κ1) is 24.0. The predicted octanol–water partition coefficient (Wildman–Crippen LogP) is 6.09. The van der Waals surface area contributed by atoms with E-state index in [-0.39, 0.29) is 28.4 Å². The van der Waals surface area contributed by atoms with Gasteiger partial charge >= 0.3 is 12.1 Å². The van der Waals surface area contributed by atoms with Crippen LogP contribution in [0.25, 0.3) is 16.9 Å². The van der Waals surface area contributed by atoms with Crippen molar-refractivity contribution in [3.05, 3.63) is 101 Å². The van der Waals surface area contributed by atoms with Gasteiger partial charge in [0.1, 0.15) is 0 Å². The third-order valence-electron chi connectivity index (χ3n) is 5.09. The molecular weight excluding hydrogens is 483 g/mol. The highest BCUT2D eigenvalue weighted by molar-refractivity contribution is 6.32. The molecule has 0 fully saturated rings. The van der Waals surface area contributed by atoms with Gasteiger partial charge < -0.3 is 10.4 Å². The molecule has 0 aliphatic rings.